The topological polar surface area (TPSA) is 95.7 Å². The highest BCUT2D eigenvalue weighted by molar-refractivity contribution is 6.31. The lowest BCUT2D eigenvalue weighted by Gasteiger charge is -2.17. The molecule has 1 aromatic heterocycles. The lowest BCUT2D eigenvalue weighted by atomic mass is 10.2. The molecule has 1 saturated heterocycles. The summed E-state index contributed by atoms with van der Waals surface area (Å²) in [7, 11) is 2.97. The maximum absolute atomic E-state index is 13.4. The van der Waals surface area contributed by atoms with Gasteiger partial charge in [-0.15, -0.1) is 0 Å². The second-order valence-electron chi connectivity index (χ2n) is 7.56. The number of ether oxygens (including phenoxy) is 2. The first kappa shape index (κ1) is 22.6. The van der Waals surface area contributed by atoms with Gasteiger partial charge < -0.3 is 14.4 Å². The number of methoxy groups -OCH3 is 2. The molecule has 0 N–H and O–H groups in total. The number of benzene rings is 2. The van der Waals surface area contributed by atoms with Crippen molar-refractivity contribution < 1.29 is 14.3 Å². The van der Waals surface area contributed by atoms with Gasteiger partial charge in [-0.1, -0.05) is 29.8 Å². The predicted molar refractivity (Wildman–Crippen MR) is 123 cm³/mol. The minimum atomic E-state index is -0.756. The van der Waals surface area contributed by atoms with Gasteiger partial charge in [-0.25, -0.2) is 4.79 Å². The van der Waals surface area contributed by atoms with Gasteiger partial charge in [-0.2, -0.15) is 9.78 Å². The van der Waals surface area contributed by atoms with E-state index in [1.54, 1.807) is 47.4 Å². The van der Waals surface area contributed by atoms with Crippen LogP contribution in [0.3, 0.4) is 0 Å². The van der Waals surface area contributed by atoms with Crippen LogP contribution >= 0.6 is 11.6 Å². The summed E-state index contributed by atoms with van der Waals surface area (Å²) in [5.41, 5.74) is -0.888. The van der Waals surface area contributed by atoms with Gasteiger partial charge in [0.2, 0.25) is 5.69 Å². The largest absolute Gasteiger partial charge is 0.493 e. The monoisotopic (exact) mass is 470 g/mol. The van der Waals surface area contributed by atoms with Crippen LogP contribution in [-0.4, -0.2) is 52.5 Å². The van der Waals surface area contributed by atoms with Crippen LogP contribution in [0.1, 0.15) is 28.9 Å². The summed E-state index contributed by atoms with van der Waals surface area (Å²) in [5, 5.41) is 4.60. The Morgan fingerprint density at radius 1 is 1.03 bits per heavy atom. The highest BCUT2D eigenvalue weighted by Crippen LogP contribution is 2.28. The zero-order valence-electron chi connectivity index (χ0n) is 18.3. The van der Waals surface area contributed by atoms with E-state index in [4.69, 9.17) is 21.1 Å². The summed E-state index contributed by atoms with van der Waals surface area (Å²) >= 11 is 6.27. The van der Waals surface area contributed by atoms with E-state index in [1.807, 2.05) is 0 Å². The van der Waals surface area contributed by atoms with E-state index in [1.165, 1.54) is 14.2 Å². The first-order chi connectivity index (χ1) is 15.9. The Morgan fingerprint density at radius 2 is 1.73 bits per heavy atom. The van der Waals surface area contributed by atoms with Crippen LogP contribution in [-0.2, 0) is 6.54 Å². The number of amides is 1. The fourth-order valence-electron chi connectivity index (χ4n) is 3.78. The van der Waals surface area contributed by atoms with E-state index < -0.39 is 17.2 Å². The summed E-state index contributed by atoms with van der Waals surface area (Å²) in [6.45, 7) is 0.979. The third kappa shape index (κ3) is 4.36. The Balaban J connectivity index is 1.92. The number of halogens is 1. The van der Waals surface area contributed by atoms with Crippen molar-refractivity contribution in [3.05, 3.63) is 79.6 Å². The zero-order chi connectivity index (χ0) is 23.5. The van der Waals surface area contributed by atoms with Crippen molar-refractivity contribution in [2.45, 2.75) is 19.4 Å². The van der Waals surface area contributed by atoms with Crippen LogP contribution in [0.4, 0.5) is 0 Å². The van der Waals surface area contributed by atoms with Crippen molar-refractivity contribution in [1.82, 2.24) is 19.2 Å². The zero-order valence-corrected chi connectivity index (χ0v) is 19.0. The van der Waals surface area contributed by atoms with Gasteiger partial charge in [0.1, 0.15) is 0 Å². The number of carbonyl (C=O) groups excluding carboxylic acids is 1. The van der Waals surface area contributed by atoms with Crippen molar-refractivity contribution in [1.29, 1.82) is 0 Å². The average molecular weight is 471 g/mol. The van der Waals surface area contributed by atoms with Crippen molar-refractivity contribution in [2.75, 3.05) is 27.3 Å². The molecule has 1 amide bonds. The van der Waals surface area contributed by atoms with Crippen LogP contribution in [0.2, 0.25) is 5.02 Å². The molecule has 1 aliphatic rings. The van der Waals surface area contributed by atoms with Crippen molar-refractivity contribution in [3.63, 3.8) is 0 Å². The van der Waals surface area contributed by atoms with Gasteiger partial charge >= 0.3 is 5.69 Å². The minimum absolute atomic E-state index is 0.104. The Hall–Kier alpha value is -3.59. The molecule has 0 radical (unpaired) electrons. The van der Waals surface area contributed by atoms with Gasteiger partial charge in [-0.3, -0.25) is 14.2 Å². The Bertz CT molecular complexity index is 1310. The third-order valence-electron chi connectivity index (χ3n) is 5.55. The Morgan fingerprint density at radius 3 is 2.39 bits per heavy atom. The molecule has 3 aromatic rings. The van der Waals surface area contributed by atoms with Gasteiger partial charge in [0.25, 0.3) is 11.5 Å². The quantitative estimate of drug-likeness (QED) is 0.548. The number of aromatic nitrogens is 3. The fourth-order valence-corrected chi connectivity index (χ4v) is 3.98. The van der Waals surface area contributed by atoms with Crippen LogP contribution in [0.25, 0.3) is 5.69 Å². The van der Waals surface area contributed by atoms with Gasteiger partial charge in [0.05, 0.1) is 26.5 Å². The van der Waals surface area contributed by atoms with E-state index in [-0.39, 0.29) is 12.2 Å². The molecular formula is C23H23ClN4O5. The first-order valence-corrected chi connectivity index (χ1v) is 10.8. The molecule has 1 fully saturated rings. The summed E-state index contributed by atoms with van der Waals surface area (Å²) in [6.07, 6.45) is 1.71. The van der Waals surface area contributed by atoms with E-state index in [2.05, 4.69) is 5.10 Å². The average Bonchev–Trinajstić information content (AvgIpc) is 3.37. The van der Waals surface area contributed by atoms with Crippen molar-refractivity contribution >= 4 is 17.5 Å². The van der Waals surface area contributed by atoms with Crippen LogP contribution < -0.4 is 20.7 Å². The molecule has 2 heterocycles. The molecule has 4 rings (SSSR count). The lowest BCUT2D eigenvalue weighted by molar-refractivity contribution is 0.0781. The van der Waals surface area contributed by atoms with Crippen molar-refractivity contribution in [3.8, 4) is 17.2 Å². The maximum Gasteiger partial charge on any atom is 0.352 e. The summed E-state index contributed by atoms with van der Waals surface area (Å²) in [5.74, 6) is 0.340. The molecule has 10 heteroatoms. The number of hydrogen-bond donors (Lipinski definition) is 0. The number of likely N-dealkylation sites (tertiary alicyclic amines) is 1. The molecule has 2 aromatic carbocycles. The number of hydrogen-bond acceptors (Lipinski definition) is 6. The van der Waals surface area contributed by atoms with Crippen molar-refractivity contribution in [2.24, 2.45) is 0 Å². The number of rotatable bonds is 6. The molecule has 9 nitrogen and oxygen atoms in total. The van der Waals surface area contributed by atoms with Crippen LogP contribution in [0, 0.1) is 0 Å². The van der Waals surface area contributed by atoms with Gasteiger partial charge in [0, 0.05) is 24.2 Å². The van der Waals surface area contributed by atoms with Crippen LogP contribution in [0.15, 0.2) is 52.1 Å². The second-order valence-corrected chi connectivity index (χ2v) is 7.97. The molecule has 1 aliphatic heterocycles. The number of carbonyl (C=O) groups is 1. The molecule has 172 valence electrons. The molecule has 33 heavy (non-hydrogen) atoms. The molecule has 0 unspecified atom stereocenters. The Labute approximate surface area is 194 Å². The summed E-state index contributed by atoms with van der Waals surface area (Å²) < 4.78 is 12.6. The Kier molecular flexibility index (Phi) is 6.50. The lowest BCUT2D eigenvalue weighted by Crippen LogP contribution is -2.46. The van der Waals surface area contributed by atoms with Crippen LogP contribution in [0.5, 0.6) is 11.5 Å². The molecular weight excluding hydrogens is 448 g/mol. The van der Waals surface area contributed by atoms with E-state index in [0.717, 1.165) is 22.1 Å². The molecule has 0 bridgehead atoms. The SMILES string of the molecule is COc1ccc(-n2nc(C(=O)N3CCCC3)c(=O)n(Cc3ccccc3Cl)c2=O)cc1OC. The molecule has 0 aliphatic carbocycles. The van der Waals surface area contributed by atoms with Gasteiger partial charge in [-0.05, 0) is 36.6 Å². The van der Waals surface area contributed by atoms with E-state index in [9.17, 15) is 14.4 Å². The maximum atomic E-state index is 13.4. The standard InChI is InChI=1S/C23H23ClN4O5/c1-32-18-10-9-16(13-19(18)33-2)28-23(31)27(14-15-7-3-4-8-17(15)24)22(30)20(25-28)21(29)26-11-5-6-12-26/h3-4,7-10,13H,5-6,11-12,14H2,1-2H3. The molecule has 0 atom stereocenters. The second kappa shape index (κ2) is 9.50. The highest BCUT2D eigenvalue weighted by atomic mass is 35.5. The minimum Gasteiger partial charge on any atom is -0.493 e. The smallest absolute Gasteiger partial charge is 0.352 e. The van der Waals surface area contributed by atoms with Gasteiger partial charge in [0.15, 0.2) is 11.5 Å². The predicted octanol–water partition coefficient (Wildman–Crippen LogP) is 2.35. The molecule has 0 spiro atoms. The normalized spacial score (nSPS) is 13.2. The highest BCUT2D eigenvalue weighted by Gasteiger charge is 2.27. The number of nitrogens with zero attached hydrogens (tertiary/aromatic N) is 4. The first-order valence-electron chi connectivity index (χ1n) is 10.4. The summed E-state index contributed by atoms with van der Waals surface area (Å²) in [6, 6.07) is 11.7. The van der Waals surface area contributed by atoms with E-state index >= 15 is 0 Å². The van der Waals surface area contributed by atoms with E-state index in [0.29, 0.717) is 40.9 Å². The third-order valence-corrected chi connectivity index (χ3v) is 5.92. The summed E-state index contributed by atoms with van der Waals surface area (Å²) in [4.78, 5) is 41.3. The molecule has 0 saturated carbocycles. The fraction of sp³-hybridized carbons (Fsp3) is 0.304.